The molecule has 1 aliphatic heterocycles. The second-order valence-corrected chi connectivity index (χ2v) is 6.75. The number of hydrogen-bond donors (Lipinski definition) is 0. The molecular weight excluding hydrogens is 282 g/mol. The van der Waals surface area contributed by atoms with Crippen molar-refractivity contribution in [2.24, 2.45) is 5.92 Å². The van der Waals surface area contributed by atoms with Gasteiger partial charge in [-0.1, -0.05) is 19.0 Å². The van der Waals surface area contributed by atoms with E-state index >= 15 is 0 Å². The lowest BCUT2D eigenvalue weighted by molar-refractivity contribution is -0.144. The van der Waals surface area contributed by atoms with Crippen molar-refractivity contribution in [1.82, 2.24) is 15.0 Å². The van der Waals surface area contributed by atoms with E-state index in [1.54, 1.807) is 0 Å². The molecule has 0 spiro atoms. The molecule has 1 aromatic heterocycles. The van der Waals surface area contributed by atoms with E-state index in [-0.39, 0.29) is 17.9 Å². The lowest BCUT2D eigenvalue weighted by atomic mass is 10.2. The van der Waals surface area contributed by atoms with E-state index in [0.29, 0.717) is 24.2 Å². The molecule has 1 amide bonds. The van der Waals surface area contributed by atoms with Gasteiger partial charge in [-0.3, -0.25) is 4.79 Å². The molecule has 0 radical (unpaired) electrons. The average Bonchev–Trinajstić information content (AvgIpc) is 3.01. The summed E-state index contributed by atoms with van der Waals surface area (Å²) in [6, 6.07) is -0.0734. The molecule has 1 aromatic rings. The number of carbonyl (C=O) groups is 1. The zero-order valence-electron chi connectivity index (χ0n) is 13.6. The minimum absolute atomic E-state index is 0.0408. The van der Waals surface area contributed by atoms with Crippen LogP contribution in [0.4, 0.5) is 0 Å². The van der Waals surface area contributed by atoms with E-state index in [4.69, 9.17) is 9.26 Å². The molecule has 6 heteroatoms. The van der Waals surface area contributed by atoms with E-state index in [1.807, 2.05) is 25.7 Å². The molecule has 6 nitrogen and oxygen atoms in total. The SMILES string of the molecule is CC(C)c1nc([C@H]2CCCN2C(=O)[C@H](C)OCC2CC2)no1. The number of hydrogen-bond acceptors (Lipinski definition) is 5. The van der Waals surface area contributed by atoms with Gasteiger partial charge >= 0.3 is 0 Å². The summed E-state index contributed by atoms with van der Waals surface area (Å²) in [5.41, 5.74) is 0. The maximum Gasteiger partial charge on any atom is 0.252 e. The third-order valence-corrected chi connectivity index (χ3v) is 4.41. The average molecular weight is 307 g/mol. The number of ether oxygens (including phenoxy) is 1. The standard InChI is InChI=1S/C16H25N3O3/c1-10(2)15-17-14(18-22-15)13-5-4-8-19(13)16(20)11(3)21-9-12-6-7-12/h10-13H,4-9H2,1-3H3/t11-,13+/m0/s1. The van der Waals surface area contributed by atoms with Gasteiger partial charge in [-0.25, -0.2) is 0 Å². The van der Waals surface area contributed by atoms with Crippen LogP contribution in [0.1, 0.15) is 70.1 Å². The summed E-state index contributed by atoms with van der Waals surface area (Å²) in [5.74, 6) is 2.17. The van der Waals surface area contributed by atoms with Crippen molar-refractivity contribution in [3.8, 4) is 0 Å². The van der Waals surface area contributed by atoms with Crippen LogP contribution in [0.5, 0.6) is 0 Å². The summed E-state index contributed by atoms with van der Waals surface area (Å²) in [6.45, 7) is 7.32. The Hall–Kier alpha value is -1.43. The van der Waals surface area contributed by atoms with E-state index in [0.717, 1.165) is 19.4 Å². The second kappa shape index (κ2) is 6.36. The van der Waals surface area contributed by atoms with Gasteiger partial charge in [0.1, 0.15) is 6.10 Å². The van der Waals surface area contributed by atoms with Crippen LogP contribution in [-0.2, 0) is 9.53 Å². The van der Waals surface area contributed by atoms with Crippen LogP contribution >= 0.6 is 0 Å². The van der Waals surface area contributed by atoms with Crippen molar-refractivity contribution in [2.45, 2.75) is 64.5 Å². The Morgan fingerprint density at radius 2 is 2.14 bits per heavy atom. The summed E-state index contributed by atoms with van der Waals surface area (Å²) in [7, 11) is 0. The predicted octanol–water partition coefficient (Wildman–Crippen LogP) is 2.67. The van der Waals surface area contributed by atoms with Gasteiger partial charge in [-0.15, -0.1) is 0 Å². The first-order chi connectivity index (χ1) is 10.6. The summed E-state index contributed by atoms with van der Waals surface area (Å²) >= 11 is 0. The lowest BCUT2D eigenvalue weighted by Gasteiger charge is -2.25. The fourth-order valence-electron chi connectivity index (χ4n) is 2.79. The fourth-order valence-corrected chi connectivity index (χ4v) is 2.79. The molecule has 1 saturated heterocycles. The van der Waals surface area contributed by atoms with Gasteiger partial charge in [0.05, 0.1) is 12.6 Å². The van der Waals surface area contributed by atoms with Crippen molar-refractivity contribution in [3.05, 3.63) is 11.7 Å². The van der Waals surface area contributed by atoms with Crippen LogP contribution in [0.25, 0.3) is 0 Å². The minimum atomic E-state index is -0.391. The molecule has 1 saturated carbocycles. The molecule has 2 heterocycles. The Morgan fingerprint density at radius 3 is 2.77 bits per heavy atom. The first kappa shape index (κ1) is 15.5. The predicted molar refractivity (Wildman–Crippen MR) is 80.2 cm³/mol. The molecule has 2 atom stereocenters. The summed E-state index contributed by atoms with van der Waals surface area (Å²) in [6.07, 6.45) is 3.93. The van der Waals surface area contributed by atoms with E-state index in [2.05, 4.69) is 10.1 Å². The Morgan fingerprint density at radius 1 is 1.36 bits per heavy atom. The first-order valence-electron chi connectivity index (χ1n) is 8.32. The van der Waals surface area contributed by atoms with E-state index in [9.17, 15) is 4.79 Å². The zero-order valence-corrected chi connectivity index (χ0v) is 13.6. The third kappa shape index (κ3) is 3.32. The van der Waals surface area contributed by atoms with Gasteiger partial charge in [-0.2, -0.15) is 4.98 Å². The summed E-state index contributed by atoms with van der Waals surface area (Å²) < 4.78 is 11.0. The maximum absolute atomic E-state index is 12.6. The number of rotatable bonds is 6. The highest BCUT2D eigenvalue weighted by Crippen LogP contribution is 2.32. The molecule has 2 aliphatic rings. The van der Waals surface area contributed by atoms with Crippen LogP contribution in [0.2, 0.25) is 0 Å². The van der Waals surface area contributed by atoms with Crippen molar-refractivity contribution in [3.63, 3.8) is 0 Å². The Balaban J connectivity index is 1.64. The first-order valence-corrected chi connectivity index (χ1v) is 8.32. The van der Waals surface area contributed by atoms with Crippen LogP contribution in [0.15, 0.2) is 4.52 Å². The third-order valence-electron chi connectivity index (χ3n) is 4.41. The van der Waals surface area contributed by atoms with E-state index < -0.39 is 6.10 Å². The van der Waals surface area contributed by atoms with Gasteiger partial charge in [0.15, 0.2) is 5.82 Å². The van der Waals surface area contributed by atoms with Crippen LogP contribution in [0, 0.1) is 5.92 Å². The fraction of sp³-hybridized carbons (Fsp3) is 0.812. The number of aromatic nitrogens is 2. The number of likely N-dealkylation sites (tertiary alicyclic amines) is 1. The Bertz CT molecular complexity index is 524. The molecule has 3 rings (SSSR count). The van der Waals surface area contributed by atoms with Gasteiger partial charge in [0.2, 0.25) is 5.89 Å². The van der Waals surface area contributed by atoms with Crippen LogP contribution in [0.3, 0.4) is 0 Å². The topological polar surface area (TPSA) is 68.5 Å². The smallest absolute Gasteiger partial charge is 0.252 e. The molecule has 22 heavy (non-hydrogen) atoms. The quantitative estimate of drug-likeness (QED) is 0.808. The molecule has 0 N–H and O–H groups in total. The van der Waals surface area contributed by atoms with Crippen molar-refractivity contribution in [1.29, 1.82) is 0 Å². The highest BCUT2D eigenvalue weighted by atomic mass is 16.5. The van der Waals surface area contributed by atoms with Gasteiger partial charge in [0.25, 0.3) is 5.91 Å². The van der Waals surface area contributed by atoms with Crippen molar-refractivity contribution < 1.29 is 14.1 Å². The molecular formula is C16H25N3O3. The summed E-state index contributed by atoms with van der Waals surface area (Å²) in [4.78, 5) is 18.9. The second-order valence-electron chi connectivity index (χ2n) is 6.75. The van der Waals surface area contributed by atoms with Crippen molar-refractivity contribution in [2.75, 3.05) is 13.2 Å². The van der Waals surface area contributed by atoms with Gasteiger partial charge in [0, 0.05) is 12.5 Å². The minimum Gasteiger partial charge on any atom is -0.368 e. The monoisotopic (exact) mass is 307 g/mol. The zero-order chi connectivity index (χ0) is 15.7. The van der Waals surface area contributed by atoms with Gasteiger partial charge in [-0.05, 0) is 38.5 Å². The largest absolute Gasteiger partial charge is 0.368 e. The lowest BCUT2D eigenvalue weighted by Crippen LogP contribution is -2.39. The number of carbonyl (C=O) groups excluding carboxylic acids is 1. The van der Waals surface area contributed by atoms with Crippen molar-refractivity contribution >= 4 is 5.91 Å². The highest BCUT2D eigenvalue weighted by molar-refractivity contribution is 5.81. The highest BCUT2D eigenvalue weighted by Gasteiger charge is 2.36. The summed E-state index contributed by atoms with van der Waals surface area (Å²) in [5, 5.41) is 4.07. The number of nitrogens with zero attached hydrogens (tertiary/aromatic N) is 3. The molecule has 0 unspecified atom stereocenters. The molecule has 1 aliphatic carbocycles. The molecule has 2 fully saturated rings. The molecule has 0 bridgehead atoms. The Labute approximate surface area is 131 Å². The Kier molecular flexibility index (Phi) is 4.47. The maximum atomic E-state index is 12.6. The molecule has 122 valence electrons. The van der Waals surface area contributed by atoms with Gasteiger partial charge < -0.3 is 14.2 Å². The molecule has 0 aromatic carbocycles. The van der Waals surface area contributed by atoms with Crippen LogP contribution < -0.4 is 0 Å². The number of amides is 1. The van der Waals surface area contributed by atoms with E-state index in [1.165, 1.54) is 12.8 Å². The van der Waals surface area contributed by atoms with Crippen LogP contribution in [-0.4, -0.2) is 40.2 Å². The normalized spacial score (nSPS) is 23.3.